The van der Waals surface area contributed by atoms with Crippen LogP contribution in [0.15, 0.2) is 22.9 Å². The summed E-state index contributed by atoms with van der Waals surface area (Å²) >= 11 is 0. The lowest BCUT2D eigenvalue weighted by molar-refractivity contribution is 0.388. The highest BCUT2D eigenvalue weighted by atomic mass is 16.5. The van der Waals surface area contributed by atoms with Crippen molar-refractivity contribution in [3.8, 4) is 0 Å². The fraction of sp³-hybridized carbons (Fsp3) is 0.462. The Morgan fingerprint density at radius 1 is 1.26 bits per heavy atom. The van der Waals surface area contributed by atoms with Gasteiger partial charge in [0.15, 0.2) is 5.76 Å². The first-order valence-corrected chi connectivity index (χ1v) is 6.61. The lowest BCUT2D eigenvalue weighted by Gasteiger charge is -2.09. The predicted octanol–water partition coefficient (Wildman–Crippen LogP) is 2.39. The summed E-state index contributed by atoms with van der Waals surface area (Å²) in [5.41, 5.74) is 0. The van der Waals surface area contributed by atoms with Gasteiger partial charge in [0.1, 0.15) is 17.5 Å². The molecule has 0 radical (unpaired) electrons. The van der Waals surface area contributed by atoms with Gasteiger partial charge in [-0.05, 0) is 19.8 Å². The van der Waals surface area contributed by atoms with Crippen LogP contribution in [0.3, 0.4) is 0 Å². The summed E-state index contributed by atoms with van der Waals surface area (Å²) in [4.78, 5) is 9.08. The fourth-order valence-electron chi connectivity index (χ4n) is 1.86. The molecule has 100 valence electrons. The molecule has 1 aliphatic carbocycles. The highest BCUT2D eigenvalue weighted by molar-refractivity contribution is 5.48. The van der Waals surface area contributed by atoms with Crippen LogP contribution in [-0.4, -0.2) is 21.7 Å². The van der Waals surface area contributed by atoms with E-state index in [1.54, 1.807) is 6.20 Å². The number of hydrogen-bond donors (Lipinski definition) is 2. The van der Waals surface area contributed by atoms with E-state index in [0.29, 0.717) is 12.5 Å². The van der Waals surface area contributed by atoms with Crippen LogP contribution in [0.4, 0.5) is 11.6 Å². The standard InChI is InChI=1S/C13H17N5O/c1-2-14-11-7-12(15-8-10-5-6-16-19-10)18-13(17-11)9-3-4-9/h5-7,9H,2-4,8H2,1H3,(H2,14,15,17,18). The monoisotopic (exact) mass is 259 g/mol. The van der Waals surface area contributed by atoms with Crippen LogP contribution in [0.1, 0.15) is 37.3 Å². The van der Waals surface area contributed by atoms with E-state index < -0.39 is 0 Å². The van der Waals surface area contributed by atoms with Gasteiger partial charge in [-0.25, -0.2) is 9.97 Å². The molecule has 0 atom stereocenters. The highest BCUT2D eigenvalue weighted by Gasteiger charge is 2.27. The van der Waals surface area contributed by atoms with Crippen LogP contribution in [0.2, 0.25) is 0 Å². The summed E-state index contributed by atoms with van der Waals surface area (Å²) in [7, 11) is 0. The molecule has 1 saturated carbocycles. The maximum Gasteiger partial charge on any atom is 0.155 e. The topological polar surface area (TPSA) is 75.9 Å². The SMILES string of the molecule is CCNc1cc(NCc2ccno2)nc(C2CC2)n1. The molecule has 6 heteroatoms. The first-order chi connectivity index (χ1) is 9.35. The van der Waals surface area contributed by atoms with Gasteiger partial charge in [0.2, 0.25) is 0 Å². The summed E-state index contributed by atoms with van der Waals surface area (Å²) in [6.45, 7) is 3.48. The first kappa shape index (κ1) is 12.0. The number of rotatable bonds is 6. The minimum atomic E-state index is 0.532. The van der Waals surface area contributed by atoms with Crippen molar-refractivity contribution >= 4 is 11.6 Å². The molecule has 19 heavy (non-hydrogen) atoms. The molecule has 0 aromatic carbocycles. The van der Waals surface area contributed by atoms with Crippen LogP contribution in [0, 0.1) is 0 Å². The molecule has 3 rings (SSSR count). The van der Waals surface area contributed by atoms with E-state index in [0.717, 1.165) is 29.8 Å². The molecule has 6 nitrogen and oxygen atoms in total. The molecule has 0 aliphatic heterocycles. The summed E-state index contributed by atoms with van der Waals surface area (Å²) in [6, 6.07) is 3.76. The van der Waals surface area contributed by atoms with Gasteiger partial charge in [0.05, 0.1) is 12.7 Å². The molecule has 0 amide bonds. The smallest absolute Gasteiger partial charge is 0.155 e. The van der Waals surface area contributed by atoms with Crippen LogP contribution < -0.4 is 10.6 Å². The van der Waals surface area contributed by atoms with Crippen molar-refractivity contribution in [2.24, 2.45) is 0 Å². The summed E-state index contributed by atoms with van der Waals surface area (Å²) in [6.07, 6.45) is 4.02. The van der Waals surface area contributed by atoms with Crippen molar-refractivity contribution in [3.05, 3.63) is 29.9 Å². The molecular formula is C13H17N5O. The zero-order valence-corrected chi connectivity index (χ0v) is 10.9. The van der Waals surface area contributed by atoms with Gasteiger partial charge in [0.25, 0.3) is 0 Å². The van der Waals surface area contributed by atoms with Crippen LogP contribution in [0.25, 0.3) is 0 Å². The largest absolute Gasteiger partial charge is 0.370 e. The molecule has 2 N–H and O–H groups in total. The van der Waals surface area contributed by atoms with Crippen molar-refractivity contribution in [1.29, 1.82) is 0 Å². The fourth-order valence-corrected chi connectivity index (χ4v) is 1.86. The summed E-state index contributed by atoms with van der Waals surface area (Å²) < 4.78 is 5.05. The number of nitrogens with zero attached hydrogens (tertiary/aromatic N) is 3. The molecule has 2 aromatic rings. The Hall–Kier alpha value is -2.11. The lowest BCUT2D eigenvalue weighted by Crippen LogP contribution is -2.07. The minimum Gasteiger partial charge on any atom is -0.370 e. The third-order valence-corrected chi connectivity index (χ3v) is 2.98. The van der Waals surface area contributed by atoms with Gasteiger partial charge in [0, 0.05) is 24.6 Å². The molecule has 0 saturated heterocycles. The summed E-state index contributed by atoms with van der Waals surface area (Å²) in [5, 5.41) is 10.2. The van der Waals surface area contributed by atoms with E-state index >= 15 is 0 Å². The third kappa shape index (κ3) is 3.01. The molecule has 0 unspecified atom stereocenters. The Morgan fingerprint density at radius 3 is 2.68 bits per heavy atom. The number of anilines is 2. The first-order valence-electron chi connectivity index (χ1n) is 6.61. The Balaban J connectivity index is 1.74. The van der Waals surface area contributed by atoms with E-state index in [4.69, 9.17) is 4.52 Å². The quantitative estimate of drug-likeness (QED) is 0.829. The number of nitrogens with one attached hydrogen (secondary N) is 2. The highest BCUT2D eigenvalue weighted by Crippen LogP contribution is 2.38. The number of aromatic nitrogens is 3. The molecule has 0 spiro atoms. The van der Waals surface area contributed by atoms with Crippen molar-refractivity contribution in [1.82, 2.24) is 15.1 Å². The van der Waals surface area contributed by atoms with Gasteiger partial charge >= 0.3 is 0 Å². The average molecular weight is 259 g/mol. The van der Waals surface area contributed by atoms with Crippen LogP contribution in [0.5, 0.6) is 0 Å². The second-order valence-corrected chi connectivity index (χ2v) is 4.63. The van der Waals surface area contributed by atoms with Gasteiger partial charge in [-0.3, -0.25) is 0 Å². The molecule has 2 heterocycles. The molecular weight excluding hydrogens is 242 g/mol. The molecule has 1 fully saturated rings. The van der Waals surface area contributed by atoms with Crippen molar-refractivity contribution in [2.75, 3.05) is 17.2 Å². The van der Waals surface area contributed by atoms with E-state index in [1.165, 1.54) is 12.8 Å². The Bertz CT molecular complexity index is 536. The Kier molecular flexibility index (Phi) is 3.31. The van der Waals surface area contributed by atoms with Gasteiger partial charge < -0.3 is 15.2 Å². The van der Waals surface area contributed by atoms with Gasteiger partial charge in [-0.1, -0.05) is 5.16 Å². The number of hydrogen-bond acceptors (Lipinski definition) is 6. The molecule has 0 bridgehead atoms. The second kappa shape index (κ2) is 5.26. The second-order valence-electron chi connectivity index (χ2n) is 4.63. The van der Waals surface area contributed by atoms with Crippen molar-refractivity contribution in [3.63, 3.8) is 0 Å². The van der Waals surface area contributed by atoms with E-state index in [2.05, 4.69) is 32.7 Å². The van der Waals surface area contributed by atoms with E-state index in [1.807, 2.05) is 12.1 Å². The minimum absolute atomic E-state index is 0.532. The van der Waals surface area contributed by atoms with Gasteiger partial charge in [-0.15, -0.1) is 0 Å². The Morgan fingerprint density at radius 2 is 2.05 bits per heavy atom. The van der Waals surface area contributed by atoms with E-state index in [-0.39, 0.29) is 0 Å². The summed E-state index contributed by atoms with van der Waals surface area (Å²) in [5.74, 6) is 3.95. The molecule has 2 aromatic heterocycles. The predicted molar refractivity (Wildman–Crippen MR) is 72.0 cm³/mol. The van der Waals surface area contributed by atoms with Crippen molar-refractivity contribution in [2.45, 2.75) is 32.2 Å². The van der Waals surface area contributed by atoms with E-state index in [9.17, 15) is 0 Å². The lowest BCUT2D eigenvalue weighted by atomic mass is 10.3. The molecule has 1 aliphatic rings. The van der Waals surface area contributed by atoms with Crippen LogP contribution in [-0.2, 0) is 6.54 Å². The maximum atomic E-state index is 5.05. The zero-order chi connectivity index (χ0) is 13.1. The maximum absolute atomic E-state index is 5.05. The third-order valence-electron chi connectivity index (χ3n) is 2.98. The van der Waals surface area contributed by atoms with Crippen LogP contribution >= 0.6 is 0 Å². The zero-order valence-electron chi connectivity index (χ0n) is 10.9. The normalized spacial score (nSPS) is 14.4. The van der Waals surface area contributed by atoms with Gasteiger partial charge in [-0.2, -0.15) is 0 Å². The Labute approximate surface area is 111 Å². The van der Waals surface area contributed by atoms with Crippen molar-refractivity contribution < 1.29 is 4.52 Å². The average Bonchev–Trinajstić information content (AvgIpc) is 3.14.